The van der Waals surface area contributed by atoms with Gasteiger partial charge in [0, 0.05) is 13.8 Å². The number of amides is 2. The molecule has 61 heavy (non-hydrogen) atoms. The summed E-state index contributed by atoms with van der Waals surface area (Å²) in [7, 11) is 0. The highest BCUT2D eigenvalue weighted by atomic mass is 16.8. The quantitative estimate of drug-likeness (QED) is 0.0607. The summed E-state index contributed by atoms with van der Waals surface area (Å²) in [6.45, 7) is -1.37. The van der Waals surface area contributed by atoms with Crippen LogP contribution in [0.15, 0.2) is 0 Å². The maximum atomic E-state index is 12.3. The van der Waals surface area contributed by atoms with Gasteiger partial charge in [-0.3, -0.25) is 9.59 Å². The smallest absolute Gasteiger partial charge is 0.217 e. The minimum Gasteiger partial charge on any atom is -0.394 e. The first-order valence-electron chi connectivity index (χ1n) is 19.4. The molecule has 4 heterocycles. The molecule has 0 aliphatic carbocycles. The Kier molecular flexibility index (Phi) is 19.3. The summed E-state index contributed by atoms with van der Waals surface area (Å²) in [5, 5.41) is 163. The molecule has 27 nitrogen and oxygen atoms in total. The highest BCUT2D eigenvalue weighted by molar-refractivity contribution is 5.73. The van der Waals surface area contributed by atoms with E-state index in [2.05, 4.69) is 10.6 Å². The van der Waals surface area contributed by atoms with Crippen LogP contribution in [0.1, 0.15) is 20.8 Å². The normalized spacial score (nSPS) is 44.1. The van der Waals surface area contributed by atoms with Gasteiger partial charge in [0.05, 0.1) is 45.2 Å². The molecule has 4 fully saturated rings. The number of hydrogen-bond donors (Lipinski definition) is 17. The summed E-state index contributed by atoms with van der Waals surface area (Å²) in [6.07, 6.45) is -41.2. The van der Waals surface area contributed by atoms with Crippen LogP contribution in [-0.4, -0.2) is 269 Å². The maximum Gasteiger partial charge on any atom is 0.217 e. The van der Waals surface area contributed by atoms with E-state index in [0.29, 0.717) is 0 Å². The maximum absolute atomic E-state index is 12.3. The molecular weight excluding hydrogens is 836 g/mol. The van der Waals surface area contributed by atoms with Gasteiger partial charge in [-0.1, -0.05) is 0 Å². The molecule has 0 bridgehead atoms. The van der Waals surface area contributed by atoms with Crippen LogP contribution in [0.3, 0.4) is 0 Å². The van der Waals surface area contributed by atoms with E-state index >= 15 is 0 Å². The lowest BCUT2D eigenvalue weighted by Gasteiger charge is -2.49. The van der Waals surface area contributed by atoms with Gasteiger partial charge in [-0.15, -0.1) is 0 Å². The number of hydrogen-bond acceptors (Lipinski definition) is 25. The molecule has 17 N–H and O–H groups in total. The van der Waals surface area contributed by atoms with Crippen molar-refractivity contribution in [3.05, 3.63) is 0 Å². The second-order valence-corrected chi connectivity index (χ2v) is 15.2. The van der Waals surface area contributed by atoms with Crippen molar-refractivity contribution in [2.75, 3.05) is 33.0 Å². The molecule has 4 aliphatic rings. The van der Waals surface area contributed by atoms with Crippen molar-refractivity contribution in [2.45, 2.75) is 168 Å². The lowest BCUT2D eigenvalue weighted by molar-refractivity contribution is -0.396. The molecule has 27 heteroatoms. The molecule has 0 aromatic rings. The Morgan fingerprint density at radius 2 is 1.08 bits per heavy atom. The van der Waals surface area contributed by atoms with E-state index < -0.39 is 192 Å². The Labute approximate surface area is 347 Å². The van der Waals surface area contributed by atoms with Gasteiger partial charge in [-0.05, 0) is 6.92 Å². The monoisotopic (exact) mass is 896 g/mol. The lowest BCUT2D eigenvalue weighted by Crippen LogP contribution is -2.68. The highest BCUT2D eigenvalue weighted by Crippen LogP contribution is 2.35. The van der Waals surface area contributed by atoms with Gasteiger partial charge < -0.3 is 125 Å². The predicted octanol–water partition coefficient (Wildman–Crippen LogP) is -11.0. The number of aliphatic hydroxyl groups excluding tert-OH is 15. The minimum atomic E-state index is -2.27. The van der Waals surface area contributed by atoms with Gasteiger partial charge in [0.15, 0.2) is 25.2 Å². The minimum absolute atomic E-state index is 0.707. The zero-order valence-electron chi connectivity index (χ0n) is 33.2. The fourth-order valence-electron chi connectivity index (χ4n) is 7.25. The third-order valence-electron chi connectivity index (χ3n) is 10.7. The van der Waals surface area contributed by atoms with Crippen LogP contribution in [0.25, 0.3) is 0 Å². The Morgan fingerprint density at radius 3 is 1.62 bits per heavy atom. The summed E-state index contributed by atoms with van der Waals surface area (Å²) < 4.78 is 45.7. The number of rotatable bonds is 18. The first kappa shape index (κ1) is 51.7. The van der Waals surface area contributed by atoms with Crippen LogP contribution in [0.4, 0.5) is 0 Å². The molecule has 0 aromatic carbocycles. The standard InChI is InChI=1S/C34H60N2O25/c1-9-18(44)24(50)26(52)32(55-9)61-30-29(60-33-27(53)25(51)21(47)15(6-39)57-33)22(48)16(7-40)58-34(30)59-28(12(4-37)35-10(2)41)19(45)13(43)8-54-31-17(36-11(3)42)23(49)20(46)14(5-38)56-31/h9,12-34,37-40,43-53H,4-8H2,1-3H3,(H,35,41)(H,36,42)/t9-,12-,13+,14+,15+,16+,17+,18+,19-,20+,21-,22-,23+,24+,25-,26-,27+,28+,29-,30+,31+,32-,33+,34-/m0/s1. The first-order chi connectivity index (χ1) is 28.7. The zero-order chi connectivity index (χ0) is 45.6. The lowest BCUT2D eigenvalue weighted by atomic mass is 9.95. The summed E-state index contributed by atoms with van der Waals surface area (Å²) in [4.78, 5) is 24.2. The third-order valence-corrected chi connectivity index (χ3v) is 10.7. The fourth-order valence-corrected chi connectivity index (χ4v) is 7.25. The predicted molar refractivity (Wildman–Crippen MR) is 191 cm³/mol. The van der Waals surface area contributed by atoms with Crippen molar-refractivity contribution in [3.8, 4) is 0 Å². The van der Waals surface area contributed by atoms with E-state index in [-0.39, 0.29) is 0 Å². The van der Waals surface area contributed by atoms with Crippen molar-refractivity contribution in [1.29, 1.82) is 0 Å². The Morgan fingerprint density at radius 1 is 0.590 bits per heavy atom. The van der Waals surface area contributed by atoms with Crippen molar-refractivity contribution in [2.24, 2.45) is 0 Å². The van der Waals surface area contributed by atoms with E-state index in [0.717, 1.165) is 13.8 Å². The molecule has 24 atom stereocenters. The number of carbonyl (C=O) groups is 2. The summed E-state index contributed by atoms with van der Waals surface area (Å²) >= 11 is 0. The van der Waals surface area contributed by atoms with Gasteiger partial charge in [-0.2, -0.15) is 0 Å². The number of nitrogens with one attached hydrogen (secondary N) is 2. The van der Waals surface area contributed by atoms with Crippen LogP contribution >= 0.6 is 0 Å². The molecule has 4 aliphatic heterocycles. The Hall–Kier alpha value is -1.98. The van der Waals surface area contributed by atoms with E-state index in [1.54, 1.807) is 0 Å². The summed E-state index contributed by atoms with van der Waals surface area (Å²) in [5.74, 6) is -1.52. The molecule has 4 saturated heterocycles. The number of ether oxygens (including phenoxy) is 8. The van der Waals surface area contributed by atoms with Crippen LogP contribution in [0.2, 0.25) is 0 Å². The van der Waals surface area contributed by atoms with Crippen LogP contribution < -0.4 is 10.6 Å². The molecule has 0 saturated carbocycles. The van der Waals surface area contributed by atoms with Crippen molar-refractivity contribution in [1.82, 2.24) is 10.6 Å². The fraction of sp³-hybridized carbons (Fsp3) is 0.941. The van der Waals surface area contributed by atoms with E-state index in [1.807, 2.05) is 0 Å². The van der Waals surface area contributed by atoms with Crippen molar-refractivity contribution < 1.29 is 124 Å². The first-order valence-corrected chi connectivity index (χ1v) is 19.4. The van der Waals surface area contributed by atoms with E-state index in [1.165, 1.54) is 6.92 Å². The van der Waals surface area contributed by atoms with Gasteiger partial charge in [0.1, 0.15) is 110 Å². The van der Waals surface area contributed by atoms with E-state index in [9.17, 15) is 86.2 Å². The van der Waals surface area contributed by atoms with Crippen molar-refractivity contribution in [3.63, 3.8) is 0 Å². The molecular formula is C34H60N2O25. The van der Waals surface area contributed by atoms with Crippen molar-refractivity contribution >= 4 is 11.8 Å². The van der Waals surface area contributed by atoms with Gasteiger partial charge in [-0.25, -0.2) is 0 Å². The Balaban J connectivity index is 1.71. The highest BCUT2D eigenvalue weighted by Gasteiger charge is 2.56. The van der Waals surface area contributed by atoms with Crippen LogP contribution in [0, 0.1) is 0 Å². The average molecular weight is 897 g/mol. The zero-order valence-corrected chi connectivity index (χ0v) is 33.2. The van der Waals surface area contributed by atoms with Gasteiger partial charge in [0.2, 0.25) is 11.8 Å². The van der Waals surface area contributed by atoms with Gasteiger partial charge in [0.25, 0.3) is 0 Å². The molecule has 0 aromatic heterocycles. The SMILES string of the molecule is CC(=O)N[C@H]1[C@H](OC[C@@H](O)[C@H](O)[C@H](O[C@@H]2O[C@H](CO)[C@H](O)[C@H](O[C@H]3O[C@H](CO)[C@H](O)[C@H](O)[C@H]3O)[C@H]2O[C@@H]2O[C@@H](C)[C@@H](O)[C@@H](O)[C@@H]2O)[C@H](CO)NC(C)=O)O[C@H](CO)[C@@H](O)[C@@H]1O. The second-order valence-electron chi connectivity index (χ2n) is 15.2. The summed E-state index contributed by atoms with van der Waals surface area (Å²) in [5.41, 5.74) is 0. The third kappa shape index (κ3) is 12.0. The summed E-state index contributed by atoms with van der Waals surface area (Å²) in [6, 6.07) is -3.15. The molecule has 356 valence electrons. The topological polar surface area (TPSA) is 435 Å². The molecule has 4 rings (SSSR count). The molecule has 0 unspecified atom stereocenters. The van der Waals surface area contributed by atoms with E-state index in [4.69, 9.17) is 37.9 Å². The largest absolute Gasteiger partial charge is 0.394 e. The second kappa shape index (κ2) is 22.8. The molecule has 0 spiro atoms. The van der Waals surface area contributed by atoms with Gasteiger partial charge >= 0.3 is 0 Å². The Bertz CT molecular complexity index is 1370. The average Bonchev–Trinajstić information content (AvgIpc) is 3.22. The van der Waals surface area contributed by atoms with Crippen LogP contribution in [-0.2, 0) is 47.5 Å². The molecule has 0 radical (unpaired) electrons. The number of carbonyl (C=O) groups excluding carboxylic acids is 2. The molecule has 2 amide bonds. The van der Waals surface area contributed by atoms with Crippen LogP contribution in [0.5, 0.6) is 0 Å². The number of aliphatic hydroxyl groups is 15.